The normalized spacial score (nSPS) is 11.9. The van der Waals surface area contributed by atoms with E-state index in [-0.39, 0.29) is 0 Å². The number of aryl methyl sites for hydroxylation is 1. The number of hydrogen-bond donors (Lipinski definition) is 2. The van der Waals surface area contributed by atoms with Crippen LogP contribution in [-0.4, -0.2) is 34.1 Å². The highest BCUT2D eigenvalue weighted by molar-refractivity contribution is 7.98. The van der Waals surface area contributed by atoms with Crippen LogP contribution in [-0.2, 0) is 11.3 Å². The van der Waals surface area contributed by atoms with Gasteiger partial charge in [0.1, 0.15) is 17.5 Å². The zero-order valence-corrected chi connectivity index (χ0v) is 14.7. The van der Waals surface area contributed by atoms with Crippen LogP contribution in [0.4, 0.5) is 0 Å². The third kappa shape index (κ3) is 5.54. The summed E-state index contributed by atoms with van der Waals surface area (Å²) in [6.07, 6.45) is 5.95. The van der Waals surface area contributed by atoms with Gasteiger partial charge in [0, 0.05) is 12.7 Å². The number of nitrogens with one attached hydrogen (secondary N) is 1. The number of ether oxygens (including phenoxy) is 1. The first-order valence-electron chi connectivity index (χ1n) is 7.72. The summed E-state index contributed by atoms with van der Waals surface area (Å²) < 4.78 is 5.80. The summed E-state index contributed by atoms with van der Waals surface area (Å²) in [6, 6.07) is 9.00. The monoisotopic (exact) mass is 346 g/mol. The largest absolute Gasteiger partial charge is 0.480 e. The summed E-state index contributed by atoms with van der Waals surface area (Å²) in [6.45, 7) is 2.48. The smallest absolute Gasteiger partial charge is 0.320 e. The van der Waals surface area contributed by atoms with E-state index in [2.05, 4.69) is 10.3 Å². The fraction of sp³-hybridized carbons (Fsp3) is 0.333. The Morgan fingerprint density at radius 1 is 1.42 bits per heavy atom. The lowest BCUT2D eigenvalue weighted by molar-refractivity contribution is -0.139. The minimum absolute atomic E-state index is 0.513. The Morgan fingerprint density at radius 2 is 2.25 bits per heavy atom. The van der Waals surface area contributed by atoms with Crippen LogP contribution < -0.4 is 10.1 Å². The van der Waals surface area contributed by atoms with Crippen molar-refractivity contribution in [2.24, 2.45) is 0 Å². The number of carboxylic acid groups (broad SMARTS) is 1. The van der Waals surface area contributed by atoms with Gasteiger partial charge in [-0.1, -0.05) is 12.1 Å². The average molecular weight is 346 g/mol. The van der Waals surface area contributed by atoms with Gasteiger partial charge < -0.3 is 15.2 Å². The number of rotatable bonds is 9. The van der Waals surface area contributed by atoms with Crippen molar-refractivity contribution in [1.82, 2.24) is 10.3 Å². The molecule has 1 heterocycles. The Balaban J connectivity index is 1.97. The number of aromatic nitrogens is 1. The summed E-state index contributed by atoms with van der Waals surface area (Å²) in [5.41, 5.74) is 2.02. The minimum atomic E-state index is -0.808. The third-order valence-corrected chi connectivity index (χ3v) is 4.21. The highest BCUT2D eigenvalue weighted by Gasteiger charge is 2.16. The molecule has 24 heavy (non-hydrogen) atoms. The van der Waals surface area contributed by atoms with Gasteiger partial charge in [-0.05, 0) is 54.7 Å². The minimum Gasteiger partial charge on any atom is -0.480 e. The fourth-order valence-electron chi connectivity index (χ4n) is 2.26. The van der Waals surface area contributed by atoms with Crippen LogP contribution in [0, 0.1) is 6.92 Å². The van der Waals surface area contributed by atoms with Gasteiger partial charge in [0.05, 0.1) is 6.20 Å². The molecule has 0 aliphatic heterocycles. The number of pyridine rings is 1. The molecule has 0 aliphatic carbocycles. The second-order valence-corrected chi connectivity index (χ2v) is 6.43. The van der Waals surface area contributed by atoms with Crippen molar-refractivity contribution in [3.05, 3.63) is 53.9 Å². The van der Waals surface area contributed by atoms with Gasteiger partial charge in [-0.25, -0.2) is 0 Å². The molecule has 1 aromatic heterocycles. The average Bonchev–Trinajstić information content (AvgIpc) is 2.58. The number of nitrogens with zero attached hydrogens (tertiary/aromatic N) is 1. The predicted octanol–water partition coefficient (Wildman–Crippen LogP) is 3.48. The van der Waals surface area contributed by atoms with E-state index < -0.39 is 12.0 Å². The van der Waals surface area contributed by atoms with Crippen LogP contribution in [0.3, 0.4) is 0 Å². The Bertz CT molecular complexity index is 665. The van der Waals surface area contributed by atoms with Crippen molar-refractivity contribution in [3.8, 4) is 11.5 Å². The molecule has 0 spiro atoms. The van der Waals surface area contributed by atoms with Crippen molar-refractivity contribution in [2.75, 3.05) is 12.0 Å². The third-order valence-electron chi connectivity index (χ3n) is 3.56. The number of carboxylic acids is 1. The molecule has 5 nitrogen and oxygen atoms in total. The van der Waals surface area contributed by atoms with Gasteiger partial charge in [0.25, 0.3) is 0 Å². The van der Waals surface area contributed by atoms with Gasteiger partial charge in [-0.3, -0.25) is 9.78 Å². The molecular formula is C18H22N2O3S. The van der Waals surface area contributed by atoms with Gasteiger partial charge in [0.15, 0.2) is 0 Å². The van der Waals surface area contributed by atoms with E-state index in [1.165, 1.54) is 0 Å². The topological polar surface area (TPSA) is 71.5 Å². The molecule has 0 unspecified atom stereocenters. The van der Waals surface area contributed by atoms with Crippen molar-refractivity contribution in [2.45, 2.75) is 25.9 Å². The molecule has 2 aromatic rings. The Kier molecular flexibility index (Phi) is 7.08. The molecule has 2 rings (SSSR count). The lowest BCUT2D eigenvalue weighted by Crippen LogP contribution is -2.36. The van der Waals surface area contributed by atoms with E-state index in [1.54, 1.807) is 24.2 Å². The second-order valence-electron chi connectivity index (χ2n) is 5.44. The summed E-state index contributed by atoms with van der Waals surface area (Å²) in [4.78, 5) is 15.3. The molecule has 6 heteroatoms. The van der Waals surface area contributed by atoms with Crippen LogP contribution in [0.2, 0.25) is 0 Å². The van der Waals surface area contributed by atoms with Gasteiger partial charge in [-0.2, -0.15) is 11.8 Å². The molecule has 0 saturated carbocycles. The zero-order valence-electron chi connectivity index (χ0n) is 13.9. The first-order valence-corrected chi connectivity index (χ1v) is 9.12. The molecule has 0 radical (unpaired) electrons. The van der Waals surface area contributed by atoms with E-state index in [0.29, 0.717) is 18.7 Å². The molecular weight excluding hydrogens is 324 g/mol. The molecule has 1 aromatic carbocycles. The Hall–Kier alpha value is -2.05. The molecule has 0 fully saturated rings. The van der Waals surface area contributed by atoms with Crippen LogP contribution in [0.1, 0.15) is 17.5 Å². The van der Waals surface area contributed by atoms with E-state index in [1.807, 2.05) is 43.5 Å². The molecule has 0 saturated heterocycles. The van der Waals surface area contributed by atoms with E-state index in [4.69, 9.17) is 4.74 Å². The summed E-state index contributed by atoms with van der Waals surface area (Å²) in [5.74, 6) is 1.47. The Labute approximate surface area is 146 Å². The molecule has 0 amide bonds. The number of carbonyl (C=O) groups is 1. The zero-order chi connectivity index (χ0) is 17.4. The second kappa shape index (κ2) is 9.30. The lowest BCUT2D eigenvalue weighted by atomic mass is 10.1. The maximum absolute atomic E-state index is 11.3. The number of benzene rings is 1. The molecule has 0 bridgehead atoms. The van der Waals surface area contributed by atoms with E-state index in [0.717, 1.165) is 22.6 Å². The maximum Gasteiger partial charge on any atom is 0.320 e. The predicted molar refractivity (Wildman–Crippen MR) is 96.8 cm³/mol. The van der Waals surface area contributed by atoms with E-state index >= 15 is 0 Å². The number of thioether (sulfide) groups is 1. The standard InChI is InChI=1S/C18H22N2O3S/c1-13-10-14(11-20-16(18(21)22)7-9-24-2)5-6-17(13)23-15-4-3-8-19-12-15/h3-6,8,10,12,16,20H,7,9,11H2,1-2H3,(H,21,22)/t16-/m0/s1. The van der Waals surface area contributed by atoms with Crippen molar-refractivity contribution < 1.29 is 14.6 Å². The van der Waals surface area contributed by atoms with Gasteiger partial charge >= 0.3 is 5.97 Å². The fourth-order valence-corrected chi connectivity index (χ4v) is 2.73. The van der Waals surface area contributed by atoms with Crippen LogP contribution >= 0.6 is 11.8 Å². The van der Waals surface area contributed by atoms with Crippen molar-refractivity contribution in [1.29, 1.82) is 0 Å². The van der Waals surface area contributed by atoms with Crippen LogP contribution in [0.5, 0.6) is 11.5 Å². The van der Waals surface area contributed by atoms with Gasteiger partial charge in [-0.15, -0.1) is 0 Å². The van der Waals surface area contributed by atoms with Crippen LogP contribution in [0.15, 0.2) is 42.7 Å². The highest BCUT2D eigenvalue weighted by atomic mass is 32.2. The number of aliphatic carboxylic acids is 1. The summed E-state index contributed by atoms with van der Waals surface area (Å²) >= 11 is 1.65. The molecule has 128 valence electrons. The van der Waals surface area contributed by atoms with Crippen molar-refractivity contribution in [3.63, 3.8) is 0 Å². The Morgan fingerprint density at radius 3 is 2.88 bits per heavy atom. The quantitative estimate of drug-likeness (QED) is 0.724. The SMILES string of the molecule is CSCC[C@H](NCc1ccc(Oc2cccnc2)c(C)c1)C(=O)O. The van der Waals surface area contributed by atoms with Crippen molar-refractivity contribution >= 4 is 17.7 Å². The van der Waals surface area contributed by atoms with Crippen LogP contribution in [0.25, 0.3) is 0 Å². The lowest BCUT2D eigenvalue weighted by Gasteiger charge is -2.15. The maximum atomic E-state index is 11.3. The van der Waals surface area contributed by atoms with E-state index in [9.17, 15) is 9.90 Å². The summed E-state index contributed by atoms with van der Waals surface area (Å²) in [5, 5.41) is 12.3. The first-order chi connectivity index (χ1) is 11.6. The molecule has 1 atom stereocenters. The van der Waals surface area contributed by atoms with Gasteiger partial charge in [0.2, 0.25) is 0 Å². The highest BCUT2D eigenvalue weighted by Crippen LogP contribution is 2.25. The first kappa shape index (κ1) is 18.3. The molecule has 2 N–H and O–H groups in total. The number of hydrogen-bond acceptors (Lipinski definition) is 5. The molecule has 0 aliphatic rings. The summed E-state index contributed by atoms with van der Waals surface area (Å²) in [7, 11) is 0.